The van der Waals surface area contributed by atoms with E-state index in [4.69, 9.17) is 8.92 Å². The fraction of sp³-hybridized carbons (Fsp3) is 0.545. The molecular formula is C11H14BrNO4S. The van der Waals surface area contributed by atoms with Crippen molar-refractivity contribution in [3.8, 4) is 5.88 Å². The van der Waals surface area contributed by atoms with Crippen molar-refractivity contribution in [2.24, 2.45) is 0 Å². The van der Waals surface area contributed by atoms with Gasteiger partial charge in [0.05, 0.1) is 18.1 Å². The van der Waals surface area contributed by atoms with Crippen LogP contribution in [-0.4, -0.2) is 31.9 Å². The van der Waals surface area contributed by atoms with Gasteiger partial charge in [-0.25, -0.2) is 4.98 Å². The topological polar surface area (TPSA) is 65.5 Å². The number of rotatable bonds is 4. The van der Waals surface area contributed by atoms with Gasteiger partial charge in [-0.15, -0.1) is 0 Å². The van der Waals surface area contributed by atoms with Crippen molar-refractivity contribution < 1.29 is 17.3 Å². The molecule has 0 amide bonds. The van der Waals surface area contributed by atoms with E-state index in [2.05, 4.69) is 20.9 Å². The second-order valence-corrected chi connectivity index (χ2v) is 6.81. The summed E-state index contributed by atoms with van der Waals surface area (Å²) >= 11 is 3.36. The number of halogens is 1. The first-order valence-corrected chi connectivity index (χ1v) is 8.12. The van der Waals surface area contributed by atoms with E-state index in [1.165, 1.54) is 0 Å². The summed E-state index contributed by atoms with van der Waals surface area (Å²) in [6.07, 6.45) is 1.92. The number of aryl methyl sites for hydroxylation is 1. The maximum Gasteiger partial charge on any atom is 0.264 e. The fourth-order valence-electron chi connectivity index (χ4n) is 1.70. The van der Waals surface area contributed by atoms with Gasteiger partial charge in [0.1, 0.15) is 6.10 Å². The van der Waals surface area contributed by atoms with Crippen molar-refractivity contribution in [1.29, 1.82) is 0 Å². The molecule has 0 radical (unpaired) electrons. The van der Waals surface area contributed by atoms with Crippen LogP contribution in [0.3, 0.4) is 0 Å². The molecule has 1 aliphatic rings. The third-order valence-electron chi connectivity index (χ3n) is 2.65. The van der Waals surface area contributed by atoms with Crippen LogP contribution in [0.2, 0.25) is 0 Å². The van der Waals surface area contributed by atoms with Crippen molar-refractivity contribution in [2.75, 3.05) is 6.26 Å². The van der Waals surface area contributed by atoms with E-state index >= 15 is 0 Å². The van der Waals surface area contributed by atoms with Crippen molar-refractivity contribution in [2.45, 2.75) is 32.0 Å². The molecule has 0 unspecified atom stereocenters. The SMILES string of the molecule is Cc1nc(OC2CC(OS(C)(=O)=O)C2)ccc1Br. The molecule has 1 fully saturated rings. The number of pyridine rings is 1. The van der Waals surface area contributed by atoms with Gasteiger partial charge in [-0.3, -0.25) is 4.18 Å². The van der Waals surface area contributed by atoms with E-state index in [1.807, 2.05) is 13.0 Å². The standard InChI is InChI=1S/C11H14BrNO4S/c1-7-10(12)3-4-11(13-7)16-8-5-9(6-8)17-18(2,14)15/h3-4,8-9H,5-6H2,1-2H3. The van der Waals surface area contributed by atoms with Crippen LogP contribution in [0.4, 0.5) is 0 Å². The summed E-state index contributed by atoms with van der Waals surface area (Å²) in [5.74, 6) is 0.554. The highest BCUT2D eigenvalue weighted by atomic mass is 79.9. The average Bonchev–Trinajstić information content (AvgIpc) is 2.18. The lowest BCUT2D eigenvalue weighted by atomic mass is 9.92. The Morgan fingerprint density at radius 2 is 2.00 bits per heavy atom. The van der Waals surface area contributed by atoms with Gasteiger partial charge in [0.2, 0.25) is 5.88 Å². The molecule has 5 nitrogen and oxygen atoms in total. The molecule has 1 heterocycles. The van der Waals surface area contributed by atoms with Gasteiger partial charge in [0.25, 0.3) is 10.1 Å². The molecule has 0 bridgehead atoms. The summed E-state index contributed by atoms with van der Waals surface area (Å²) in [6.45, 7) is 1.88. The minimum Gasteiger partial charge on any atom is -0.474 e. The van der Waals surface area contributed by atoms with Crippen LogP contribution in [0.15, 0.2) is 16.6 Å². The van der Waals surface area contributed by atoms with E-state index in [0.717, 1.165) is 16.4 Å². The van der Waals surface area contributed by atoms with Crippen LogP contribution in [-0.2, 0) is 14.3 Å². The summed E-state index contributed by atoms with van der Waals surface area (Å²) in [6, 6.07) is 3.66. The first kappa shape index (κ1) is 13.8. The zero-order valence-corrected chi connectivity index (χ0v) is 12.5. The Labute approximate surface area is 115 Å². The highest BCUT2D eigenvalue weighted by Crippen LogP contribution is 2.29. The predicted molar refractivity (Wildman–Crippen MR) is 70.0 cm³/mol. The molecule has 1 aliphatic carbocycles. The normalized spacial score (nSPS) is 23.5. The molecule has 0 atom stereocenters. The molecule has 0 N–H and O–H groups in total. The van der Waals surface area contributed by atoms with Crippen LogP contribution < -0.4 is 4.74 Å². The predicted octanol–water partition coefficient (Wildman–Crippen LogP) is 2.04. The molecule has 0 spiro atoms. The Bertz CT molecular complexity index is 540. The Kier molecular flexibility index (Phi) is 3.93. The molecule has 1 aromatic rings. The van der Waals surface area contributed by atoms with Gasteiger partial charge in [-0.2, -0.15) is 8.42 Å². The Hall–Kier alpha value is -0.660. The second-order valence-electron chi connectivity index (χ2n) is 4.35. The van der Waals surface area contributed by atoms with Gasteiger partial charge in [-0.05, 0) is 28.9 Å². The van der Waals surface area contributed by atoms with Gasteiger partial charge >= 0.3 is 0 Å². The number of nitrogens with zero attached hydrogens (tertiary/aromatic N) is 1. The zero-order valence-electron chi connectivity index (χ0n) is 10.1. The van der Waals surface area contributed by atoms with E-state index < -0.39 is 10.1 Å². The second kappa shape index (κ2) is 5.14. The zero-order chi connectivity index (χ0) is 13.3. The largest absolute Gasteiger partial charge is 0.474 e. The molecule has 1 saturated carbocycles. The smallest absolute Gasteiger partial charge is 0.264 e. The maximum atomic E-state index is 10.9. The summed E-state index contributed by atoms with van der Waals surface area (Å²) in [7, 11) is -3.37. The average molecular weight is 336 g/mol. The van der Waals surface area contributed by atoms with Crippen LogP contribution in [0.25, 0.3) is 0 Å². The highest BCUT2D eigenvalue weighted by molar-refractivity contribution is 9.10. The fourth-order valence-corrected chi connectivity index (χ4v) is 2.57. The van der Waals surface area contributed by atoms with Crippen molar-refractivity contribution in [1.82, 2.24) is 4.98 Å². The van der Waals surface area contributed by atoms with Crippen LogP contribution in [0.1, 0.15) is 18.5 Å². The summed E-state index contributed by atoms with van der Waals surface area (Å²) < 4.78 is 33.2. The summed E-state index contributed by atoms with van der Waals surface area (Å²) in [4.78, 5) is 4.27. The molecule has 18 heavy (non-hydrogen) atoms. The van der Waals surface area contributed by atoms with Crippen LogP contribution >= 0.6 is 15.9 Å². The van der Waals surface area contributed by atoms with Gasteiger partial charge in [0, 0.05) is 23.4 Å². The van der Waals surface area contributed by atoms with Gasteiger partial charge in [-0.1, -0.05) is 0 Å². The van der Waals surface area contributed by atoms with E-state index in [9.17, 15) is 8.42 Å². The lowest BCUT2D eigenvalue weighted by Crippen LogP contribution is -2.40. The lowest BCUT2D eigenvalue weighted by molar-refractivity contribution is 0.00639. The maximum absolute atomic E-state index is 10.9. The van der Waals surface area contributed by atoms with E-state index in [-0.39, 0.29) is 12.2 Å². The van der Waals surface area contributed by atoms with E-state index in [1.54, 1.807) is 6.07 Å². The van der Waals surface area contributed by atoms with E-state index in [0.29, 0.717) is 18.7 Å². The van der Waals surface area contributed by atoms with Gasteiger partial charge in [0.15, 0.2) is 0 Å². The number of aromatic nitrogens is 1. The quantitative estimate of drug-likeness (QED) is 0.788. The summed E-state index contributed by atoms with van der Waals surface area (Å²) in [5.41, 5.74) is 0.857. The Balaban J connectivity index is 1.85. The molecular weight excluding hydrogens is 322 g/mol. The first-order valence-electron chi connectivity index (χ1n) is 5.51. The number of ether oxygens (including phenoxy) is 1. The highest BCUT2D eigenvalue weighted by Gasteiger charge is 2.34. The minimum atomic E-state index is -3.37. The lowest BCUT2D eigenvalue weighted by Gasteiger charge is -2.33. The minimum absolute atomic E-state index is 0.0233. The van der Waals surface area contributed by atoms with Crippen LogP contribution in [0, 0.1) is 6.92 Å². The molecule has 0 aliphatic heterocycles. The Morgan fingerprint density at radius 1 is 1.33 bits per heavy atom. The molecule has 100 valence electrons. The van der Waals surface area contributed by atoms with Crippen molar-refractivity contribution in [3.05, 3.63) is 22.3 Å². The van der Waals surface area contributed by atoms with Crippen molar-refractivity contribution in [3.63, 3.8) is 0 Å². The van der Waals surface area contributed by atoms with Gasteiger partial charge < -0.3 is 4.74 Å². The monoisotopic (exact) mass is 335 g/mol. The number of hydrogen-bond donors (Lipinski definition) is 0. The molecule has 0 saturated heterocycles. The third-order valence-corrected chi connectivity index (χ3v) is 4.11. The molecule has 2 rings (SSSR count). The molecule has 0 aromatic carbocycles. The summed E-state index contributed by atoms with van der Waals surface area (Å²) in [5, 5.41) is 0. The third kappa shape index (κ3) is 3.66. The molecule has 1 aromatic heterocycles. The van der Waals surface area contributed by atoms with Crippen molar-refractivity contribution >= 4 is 26.0 Å². The first-order chi connectivity index (χ1) is 8.33. The molecule has 7 heteroatoms. The number of hydrogen-bond acceptors (Lipinski definition) is 5. The Morgan fingerprint density at radius 3 is 2.56 bits per heavy atom. The van der Waals surface area contributed by atoms with Crippen LogP contribution in [0.5, 0.6) is 5.88 Å².